The Balaban J connectivity index is 1.36. The van der Waals surface area contributed by atoms with E-state index in [1.54, 1.807) is 14.8 Å². The number of carbonyl (C=O) groups is 1. The number of hydrogen-bond donors (Lipinski definition) is 2. The molecular formula is C17H18N10OS. The van der Waals surface area contributed by atoms with Gasteiger partial charge in [0.1, 0.15) is 5.52 Å². The highest BCUT2D eigenvalue weighted by atomic mass is 32.1. The van der Waals surface area contributed by atoms with E-state index in [1.807, 2.05) is 31.3 Å². The van der Waals surface area contributed by atoms with Crippen LogP contribution in [0.15, 0.2) is 29.8 Å². The Labute approximate surface area is 169 Å². The molecule has 4 aromatic rings. The van der Waals surface area contributed by atoms with E-state index < -0.39 is 0 Å². The van der Waals surface area contributed by atoms with E-state index in [2.05, 4.69) is 35.1 Å². The van der Waals surface area contributed by atoms with Crippen LogP contribution in [0.5, 0.6) is 0 Å². The first-order valence-electron chi connectivity index (χ1n) is 9.13. The Hall–Kier alpha value is -3.54. The van der Waals surface area contributed by atoms with Crippen molar-refractivity contribution in [3.63, 3.8) is 0 Å². The Morgan fingerprint density at radius 3 is 2.86 bits per heavy atom. The minimum absolute atomic E-state index is 0.0866. The first kappa shape index (κ1) is 17.6. The molecule has 0 aromatic carbocycles. The number of nitrogens with zero attached hydrogens (tertiary/aromatic N) is 8. The van der Waals surface area contributed by atoms with Gasteiger partial charge in [-0.25, -0.2) is 4.52 Å². The van der Waals surface area contributed by atoms with Crippen molar-refractivity contribution in [1.82, 2.24) is 39.3 Å². The smallest absolute Gasteiger partial charge is 0.275 e. The van der Waals surface area contributed by atoms with Gasteiger partial charge in [-0.2, -0.15) is 10.1 Å². The summed E-state index contributed by atoms with van der Waals surface area (Å²) in [7, 11) is 0. The normalized spacial score (nSPS) is 14.5. The summed E-state index contributed by atoms with van der Waals surface area (Å²) < 4.78 is 5.56. The summed E-state index contributed by atoms with van der Waals surface area (Å²) in [4.78, 5) is 21.0. The van der Waals surface area contributed by atoms with Gasteiger partial charge in [-0.15, -0.1) is 10.2 Å². The number of aromatic nitrogens is 7. The quantitative estimate of drug-likeness (QED) is 0.517. The van der Waals surface area contributed by atoms with Crippen LogP contribution in [0.25, 0.3) is 5.52 Å². The van der Waals surface area contributed by atoms with Gasteiger partial charge in [0.05, 0.1) is 0 Å². The molecule has 1 saturated heterocycles. The van der Waals surface area contributed by atoms with Crippen molar-refractivity contribution in [2.75, 3.05) is 36.4 Å². The summed E-state index contributed by atoms with van der Waals surface area (Å²) in [6.07, 6.45) is 1.89. The van der Waals surface area contributed by atoms with E-state index in [-0.39, 0.29) is 5.91 Å². The molecule has 0 radical (unpaired) electrons. The van der Waals surface area contributed by atoms with Crippen molar-refractivity contribution in [2.45, 2.75) is 6.92 Å². The average Bonchev–Trinajstić information content (AvgIpc) is 3.49. The lowest BCUT2D eigenvalue weighted by atomic mass is 10.3. The second kappa shape index (κ2) is 7.13. The van der Waals surface area contributed by atoms with Gasteiger partial charge >= 0.3 is 0 Å². The van der Waals surface area contributed by atoms with Crippen molar-refractivity contribution in [3.8, 4) is 0 Å². The van der Waals surface area contributed by atoms with E-state index in [4.69, 9.17) is 4.98 Å². The molecule has 5 rings (SSSR count). The fourth-order valence-corrected chi connectivity index (χ4v) is 3.71. The van der Waals surface area contributed by atoms with E-state index in [1.165, 1.54) is 11.5 Å². The second-order valence-electron chi connectivity index (χ2n) is 6.73. The summed E-state index contributed by atoms with van der Waals surface area (Å²) in [6, 6.07) is 5.79. The lowest BCUT2D eigenvalue weighted by Gasteiger charge is -2.34. The predicted molar refractivity (Wildman–Crippen MR) is 108 cm³/mol. The molecule has 5 heterocycles. The number of carbonyl (C=O) groups excluding carboxylic acids is 1. The summed E-state index contributed by atoms with van der Waals surface area (Å²) in [5.74, 6) is 1.89. The Morgan fingerprint density at radius 1 is 1.28 bits per heavy atom. The highest BCUT2D eigenvalue weighted by molar-refractivity contribution is 7.03. The minimum Gasteiger partial charge on any atom is -0.336 e. The molecular weight excluding hydrogens is 392 g/mol. The Bertz CT molecular complexity index is 1140. The van der Waals surface area contributed by atoms with Gasteiger partial charge < -0.3 is 15.1 Å². The molecule has 1 fully saturated rings. The number of aryl methyl sites for hydroxylation is 1. The first-order valence-corrected chi connectivity index (χ1v) is 9.97. The Morgan fingerprint density at radius 2 is 2.14 bits per heavy atom. The summed E-state index contributed by atoms with van der Waals surface area (Å²) in [5.41, 5.74) is 2.22. The van der Waals surface area contributed by atoms with Crippen LogP contribution in [0.1, 0.15) is 16.2 Å². The summed E-state index contributed by atoms with van der Waals surface area (Å²) in [5, 5.41) is 20.6. The highest BCUT2D eigenvalue weighted by Crippen LogP contribution is 2.22. The van der Waals surface area contributed by atoms with Crippen LogP contribution < -0.4 is 10.2 Å². The monoisotopic (exact) mass is 410 g/mol. The van der Waals surface area contributed by atoms with Gasteiger partial charge in [0.15, 0.2) is 17.3 Å². The number of hydrogen-bond acceptors (Lipinski definition) is 9. The van der Waals surface area contributed by atoms with Gasteiger partial charge in [-0.1, -0.05) is 4.49 Å². The number of anilines is 3. The predicted octanol–water partition coefficient (Wildman–Crippen LogP) is 1.32. The Kier molecular flexibility index (Phi) is 4.31. The third-order valence-electron chi connectivity index (χ3n) is 4.76. The zero-order chi connectivity index (χ0) is 19.8. The molecule has 0 unspecified atom stereocenters. The van der Waals surface area contributed by atoms with E-state index in [0.717, 1.165) is 11.2 Å². The fourth-order valence-electron chi connectivity index (χ4n) is 3.28. The van der Waals surface area contributed by atoms with Gasteiger partial charge in [-0.05, 0) is 30.6 Å². The van der Waals surface area contributed by atoms with Crippen LogP contribution in [0, 0.1) is 6.92 Å². The standard InChI is InChI=1S/C17H18N10OS/c1-11-9-14(22-20-11)18-15-13-3-2-4-27(13)23-17(19-15)26-7-5-25(6-8-26)16(28)12-10-29-24-21-12/h2-4,9-10H,5-8H2,1H3,(H2,18,19,20,22,23). The SMILES string of the molecule is Cc1cc(Nc2nc(N3CCN(C(=O)c4csnn4)CC3)nn3cccc23)n[nH]1. The molecule has 29 heavy (non-hydrogen) atoms. The maximum atomic E-state index is 12.5. The van der Waals surface area contributed by atoms with E-state index >= 15 is 0 Å². The molecule has 2 N–H and O–H groups in total. The van der Waals surface area contributed by atoms with Gasteiger partial charge in [0.25, 0.3) is 5.91 Å². The molecule has 0 bridgehead atoms. The van der Waals surface area contributed by atoms with Crippen molar-refractivity contribution < 1.29 is 4.79 Å². The van der Waals surface area contributed by atoms with E-state index in [9.17, 15) is 4.79 Å². The molecule has 0 spiro atoms. The van der Waals surface area contributed by atoms with Crippen LogP contribution >= 0.6 is 11.5 Å². The molecule has 11 nitrogen and oxygen atoms in total. The third kappa shape index (κ3) is 3.38. The van der Waals surface area contributed by atoms with Gasteiger partial charge in [0.2, 0.25) is 5.95 Å². The maximum Gasteiger partial charge on any atom is 0.275 e. The van der Waals surface area contributed by atoms with Crippen LogP contribution in [-0.4, -0.2) is 71.4 Å². The van der Waals surface area contributed by atoms with Crippen molar-refractivity contribution in [2.24, 2.45) is 0 Å². The van der Waals surface area contributed by atoms with Crippen LogP contribution in [0.3, 0.4) is 0 Å². The molecule has 1 aliphatic heterocycles. The molecule has 0 saturated carbocycles. The minimum atomic E-state index is -0.0866. The number of fused-ring (bicyclic) bond motifs is 1. The highest BCUT2D eigenvalue weighted by Gasteiger charge is 2.25. The number of piperazine rings is 1. The zero-order valence-electron chi connectivity index (χ0n) is 15.6. The summed E-state index contributed by atoms with van der Waals surface area (Å²) in [6.45, 7) is 4.36. The lowest BCUT2D eigenvalue weighted by Crippen LogP contribution is -2.49. The average molecular weight is 410 g/mol. The number of aromatic amines is 1. The summed E-state index contributed by atoms with van der Waals surface area (Å²) >= 11 is 1.18. The zero-order valence-corrected chi connectivity index (χ0v) is 16.4. The van der Waals surface area contributed by atoms with Gasteiger partial charge in [0, 0.05) is 49.5 Å². The first-order chi connectivity index (χ1) is 14.2. The molecule has 0 aliphatic carbocycles. The maximum absolute atomic E-state index is 12.5. The fraction of sp³-hybridized carbons (Fsp3) is 0.294. The van der Waals surface area contributed by atoms with Crippen molar-refractivity contribution in [3.05, 3.63) is 41.2 Å². The molecule has 1 aliphatic rings. The number of H-pyrrole nitrogens is 1. The lowest BCUT2D eigenvalue weighted by molar-refractivity contribution is 0.0740. The van der Waals surface area contributed by atoms with Crippen LogP contribution in [0.4, 0.5) is 17.6 Å². The largest absolute Gasteiger partial charge is 0.336 e. The van der Waals surface area contributed by atoms with E-state index in [0.29, 0.717) is 49.5 Å². The number of nitrogens with one attached hydrogen (secondary N) is 2. The second-order valence-corrected chi connectivity index (χ2v) is 7.34. The van der Waals surface area contributed by atoms with Crippen molar-refractivity contribution >= 4 is 40.5 Å². The number of rotatable bonds is 4. The molecule has 12 heteroatoms. The van der Waals surface area contributed by atoms with Crippen molar-refractivity contribution in [1.29, 1.82) is 0 Å². The topological polar surface area (TPSA) is 120 Å². The van der Waals surface area contributed by atoms with Crippen LogP contribution in [-0.2, 0) is 0 Å². The van der Waals surface area contributed by atoms with Crippen LogP contribution in [0.2, 0.25) is 0 Å². The molecule has 4 aromatic heterocycles. The molecule has 1 amide bonds. The molecule has 148 valence electrons. The molecule has 0 atom stereocenters. The number of amides is 1. The third-order valence-corrected chi connectivity index (χ3v) is 5.27. The van der Waals surface area contributed by atoms with Gasteiger partial charge in [-0.3, -0.25) is 9.89 Å².